The summed E-state index contributed by atoms with van der Waals surface area (Å²) in [4.78, 5) is 21.9. The Morgan fingerprint density at radius 2 is 1.94 bits per heavy atom. The number of piperidine rings is 2. The highest BCUT2D eigenvalue weighted by Crippen LogP contribution is 2.28. The molecule has 2 aromatic rings. The van der Waals surface area contributed by atoms with Crippen molar-refractivity contribution in [2.75, 3.05) is 32.8 Å². The molecule has 178 valence electrons. The van der Waals surface area contributed by atoms with Gasteiger partial charge in [-0.15, -0.1) is 0 Å². The van der Waals surface area contributed by atoms with Crippen molar-refractivity contribution in [2.45, 2.75) is 44.6 Å². The Labute approximate surface area is 193 Å². The molecule has 0 amide bonds. The van der Waals surface area contributed by atoms with E-state index in [2.05, 4.69) is 20.4 Å². The largest absolute Gasteiger partial charge is 0.396 e. The van der Waals surface area contributed by atoms with Crippen LogP contribution in [0.4, 0.5) is 8.78 Å². The van der Waals surface area contributed by atoms with Crippen LogP contribution in [0.3, 0.4) is 0 Å². The molecule has 1 aromatic carbocycles. The first-order chi connectivity index (χ1) is 16.0. The summed E-state index contributed by atoms with van der Waals surface area (Å²) in [5, 5.41) is 7.78. The van der Waals surface area contributed by atoms with Crippen LogP contribution < -0.4 is 10.9 Å². The highest BCUT2D eigenvalue weighted by Gasteiger charge is 2.29. The molecule has 2 aliphatic rings. The fourth-order valence-electron chi connectivity index (χ4n) is 4.90. The van der Waals surface area contributed by atoms with Crippen molar-refractivity contribution in [3.05, 3.63) is 69.6 Å². The minimum Gasteiger partial charge on any atom is -0.396 e. The van der Waals surface area contributed by atoms with Crippen LogP contribution in [0.15, 0.2) is 46.5 Å². The van der Waals surface area contributed by atoms with Crippen LogP contribution in [0.25, 0.3) is 0 Å². The number of pyridine rings is 1. The average molecular weight is 459 g/mol. The Bertz CT molecular complexity index is 989. The van der Waals surface area contributed by atoms with E-state index in [-0.39, 0.29) is 11.6 Å². The van der Waals surface area contributed by atoms with Gasteiger partial charge in [0, 0.05) is 24.4 Å². The van der Waals surface area contributed by atoms with Gasteiger partial charge in [0.25, 0.3) is 0 Å². The van der Waals surface area contributed by atoms with Gasteiger partial charge in [0.15, 0.2) is 11.6 Å². The van der Waals surface area contributed by atoms with Crippen molar-refractivity contribution in [1.82, 2.24) is 15.2 Å². The smallest absolute Gasteiger partial charge is 0.247 e. The number of hydrogen-bond acceptors (Lipinski definition) is 5. The number of rotatable bonds is 7. The minimum atomic E-state index is -0.879. The molecule has 8 heteroatoms. The molecule has 0 bridgehead atoms. The Hall–Kier alpha value is -2.58. The van der Waals surface area contributed by atoms with Crippen LogP contribution in [0.5, 0.6) is 0 Å². The summed E-state index contributed by atoms with van der Waals surface area (Å²) in [7, 11) is 0. The number of aromatic amines is 1. The zero-order valence-corrected chi connectivity index (χ0v) is 19.0. The molecule has 2 saturated heterocycles. The number of H-pyrrole nitrogens is 1. The Morgan fingerprint density at radius 1 is 1.12 bits per heavy atom. The summed E-state index contributed by atoms with van der Waals surface area (Å²) in [6.07, 6.45) is 5.93. The highest BCUT2D eigenvalue weighted by molar-refractivity contribution is 6.04. The molecule has 2 N–H and O–H groups in total. The first-order valence-corrected chi connectivity index (χ1v) is 11.8. The summed E-state index contributed by atoms with van der Waals surface area (Å²) in [6.45, 7) is 6.25. The molecule has 4 rings (SSSR count). The number of nitrogens with one attached hydrogen (secondary N) is 2. The topological polar surface area (TPSA) is 69.7 Å². The molecule has 0 radical (unpaired) electrons. The van der Waals surface area contributed by atoms with Crippen LogP contribution in [0.2, 0.25) is 0 Å². The maximum Gasteiger partial charge on any atom is 0.247 e. The summed E-state index contributed by atoms with van der Waals surface area (Å²) in [6, 6.07) is 7.37. The van der Waals surface area contributed by atoms with Crippen molar-refractivity contribution in [3.63, 3.8) is 0 Å². The summed E-state index contributed by atoms with van der Waals surface area (Å²) >= 11 is 0. The Balaban J connectivity index is 1.29. The highest BCUT2D eigenvalue weighted by atomic mass is 19.2. The molecule has 0 saturated carbocycles. The lowest BCUT2D eigenvalue weighted by molar-refractivity contribution is 0.153. The molecule has 2 aliphatic heterocycles. The number of likely N-dealkylation sites (tertiary alicyclic amines) is 1. The van der Waals surface area contributed by atoms with E-state index in [1.807, 2.05) is 19.2 Å². The van der Waals surface area contributed by atoms with Crippen LogP contribution in [0, 0.1) is 17.6 Å². The van der Waals surface area contributed by atoms with Crippen LogP contribution >= 0.6 is 0 Å². The molecule has 33 heavy (non-hydrogen) atoms. The third kappa shape index (κ3) is 6.06. The predicted octanol–water partition coefficient (Wildman–Crippen LogP) is 3.64. The molecule has 0 spiro atoms. The van der Waals surface area contributed by atoms with Gasteiger partial charge in [-0.05, 0) is 87.8 Å². The second-order valence-electron chi connectivity index (χ2n) is 8.99. The van der Waals surface area contributed by atoms with E-state index in [0.717, 1.165) is 57.9 Å². The third-order valence-corrected chi connectivity index (χ3v) is 6.74. The number of halogens is 2. The second kappa shape index (κ2) is 11.0. The summed E-state index contributed by atoms with van der Waals surface area (Å²) in [5.41, 5.74) is 2.33. The first-order valence-electron chi connectivity index (χ1n) is 11.8. The van der Waals surface area contributed by atoms with E-state index in [4.69, 9.17) is 4.84 Å². The van der Waals surface area contributed by atoms with Crippen molar-refractivity contribution in [3.8, 4) is 0 Å². The lowest BCUT2D eigenvalue weighted by Crippen LogP contribution is -2.48. The predicted molar refractivity (Wildman–Crippen MR) is 125 cm³/mol. The molecule has 3 heterocycles. The SMILES string of the molecule is CCO/N=C(\c1ccc(F)c(F)c1)C1CCC(CN2CCC(c3ccc(=O)[nH]c3)CC2)CN1. The van der Waals surface area contributed by atoms with Gasteiger partial charge in [-0.2, -0.15) is 0 Å². The number of aromatic nitrogens is 1. The monoisotopic (exact) mass is 458 g/mol. The second-order valence-corrected chi connectivity index (χ2v) is 8.99. The zero-order chi connectivity index (χ0) is 23.2. The maximum absolute atomic E-state index is 13.8. The van der Waals surface area contributed by atoms with Crippen molar-refractivity contribution in [2.24, 2.45) is 11.1 Å². The minimum absolute atomic E-state index is 0.0522. The van der Waals surface area contributed by atoms with Gasteiger partial charge in [0.2, 0.25) is 5.56 Å². The normalized spacial score (nSPS) is 22.9. The van der Waals surface area contributed by atoms with Crippen LogP contribution in [-0.4, -0.2) is 54.4 Å². The fraction of sp³-hybridized carbons (Fsp3) is 0.520. The maximum atomic E-state index is 13.8. The number of benzene rings is 1. The summed E-state index contributed by atoms with van der Waals surface area (Å²) < 4.78 is 27.2. The van der Waals surface area contributed by atoms with Gasteiger partial charge in [0.05, 0.1) is 6.04 Å². The standard InChI is InChI=1S/C25H32F2N4O2/c1-2-33-30-25(19-4-6-21(26)22(27)13-19)23-7-3-17(14-28-23)16-31-11-9-18(10-12-31)20-5-8-24(32)29-15-20/h4-6,8,13,15,17-18,23,28H,2-3,7,9-12,14,16H2,1H3,(H,29,32)/b30-25+. The van der Waals surface area contributed by atoms with Crippen molar-refractivity contribution < 1.29 is 13.6 Å². The first kappa shape index (κ1) is 23.6. The van der Waals surface area contributed by atoms with Crippen LogP contribution in [0.1, 0.15) is 49.7 Å². The molecule has 2 unspecified atom stereocenters. The van der Waals surface area contributed by atoms with E-state index in [0.29, 0.717) is 29.7 Å². The zero-order valence-electron chi connectivity index (χ0n) is 19.0. The average Bonchev–Trinajstić information content (AvgIpc) is 2.83. The number of nitrogens with zero attached hydrogens (tertiary/aromatic N) is 2. The molecule has 6 nitrogen and oxygen atoms in total. The molecule has 0 aliphatic carbocycles. The van der Waals surface area contributed by atoms with Crippen molar-refractivity contribution in [1.29, 1.82) is 0 Å². The van der Waals surface area contributed by atoms with E-state index in [1.54, 1.807) is 12.1 Å². The number of hydrogen-bond donors (Lipinski definition) is 2. The Kier molecular flexibility index (Phi) is 7.88. The molecule has 2 fully saturated rings. The fourth-order valence-corrected chi connectivity index (χ4v) is 4.90. The lowest BCUT2D eigenvalue weighted by atomic mass is 9.87. The van der Waals surface area contributed by atoms with E-state index < -0.39 is 11.6 Å². The molecular formula is C25H32F2N4O2. The molecular weight excluding hydrogens is 426 g/mol. The molecule has 2 atom stereocenters. The van der Waals surface area contributed by atoms with E-state index >= 15 is 0 Å². The third-order valence-electron chi connectivity index (χ3n) is 6.74. The van der Waals surface area contributed by atoms with Gasteiger partial charge in [0.1, 0.15) is 12.3 Å². The summed E-state index contributed by atoms with van der Waals surface area (Å²) in [5.74, 6) is -0.712. The van der Waals surface area contributed by atoms with Crippen LogP contribution in [-0.2, 0) is 4.84 Å². The van der Waals surface area contributed by atoms with E-state index in [1.165, 1.54) is 11.6 Å². The molecule has 1 aromatic heterocycles. The quantitative estimate of drug-likeness (QED) is 0.491. The Morgan fingerprint density at radius 3 is 2.58 bits per heavy atom. The van der Waals surface area contributed by atoms with Gasteiger partial charge < -0.3 is 20.0 Å². The van der Waals surface area contributed by atoms with Gasteiger partial charge in [-0.1, -0.05) is 11.2 Å². The van der Waals surface area contributed by atoms with Gasteiger partial charge >= 0.3 is 0 Å². The van der Waals surface area contributed by atoms with Gasteiger partial charge in [-0.25, -0.2) is 8.78 Å². The van der Waals surface area contributed by atoms with Crippen molar-refractivity contribution >= 4 is 5.71 Å². The number of oxime groups is 1. The van der Waals surface area contributed by atoms with E-state index in [9.17, 15) is 13.6 Å². The van der Waals surface area contributed by atoms with Gasteiger partial charge in [-0.3, -0.25) is 4.79 Å². The lowest BCUT2D eigenvalue weighted by Gasteiger charge is -2.37.